The van der Waals surface area contributed by atoms with Crippen LogP contribution in [0.4, 0.5) is 5.69 Å². The van der Waals surface area contributed by atoms with Crippen molar-refractivity contribution in [1.82, 2.24) is 4.31 Å². The van der Waals surface area contributed by atoms with E-state index in [-0.39, 0.29) is 17.3 Å². The number of methoxy groups -OCH3 is 2. The predicted molar refractivity (Wildman–Crippen MR) is 111 cm³/mol. The minimum Gasteiger partial charge on any atom is -0.497 e. The normalized spacial score (nSPS) is 17.6. The Morgan fingerprint density at radius 1 is 1.14 bits per heavy atom. The molecule has 0 radical (unpaired) electrons. The predicted octanol–water partition coefficient (Wildman–Crippen LogP) is 3.05. The van der Waals surface area contributed by atoms with Crippen molar-refractivity contribution in [2.24, 2.45) is 5.92 Å². The zero-order chi connectivity index (χ0) is 21.0. The number of piperidine rings is 1. The highest BCUT2D eigenvalue weighted by molar-refractivity contribution is 7.89. The number of carbonyl (C=O) groups is 1. The van der Waals surface area contributed by atoms with Crippen LogP contribution in [0.1, 0.15) is 18.4 Å². The molecule has 1 amide bonds. The Balaban J connectivity index is 1.77. The van der Waals surface area contributed by atoms with E-state index in [0.29, 0.717) is 36.6 Å². The SMILES string of the molecule is COc1cccc(NC(=O)[C@H]2CCCN(S(=O)(=O)c3cc(C)ccc3OC)C2)c1. The molecule has 1 atom stereocenters. The quantitative estimate of drug-likeness (QED) is 0.779. The van der Waals surface area contributed by atoms with Gasteiger partial charge in [0.15, 0.2) is 0 Å². The lowest BCUT2D eigenvalue weighted by atomic mass is 9.98. The van der Waals surface area contributed by atoms with Gasteiger partial charge in [-0.15, -0.1) is 0 Å². The monoisotopic (exact) mass is 418 g/mol. The van der Waals surface area contributed by atoms with Gasteiger partial charge in [-0.05, 0) is 49.6 Å². The van der Waals surface area contributed by atoms with Crippen LogP contribution >= 0.6 is 0 Å². The number of ether oxygens (including phenoxy) is 2. The number of sulfonamides is 1. The van der Waals surface area contributed by atoms with E-state index in [0.717, 1.165) is 5.56 Å². The van der Waals surface area contributed by atoms with Crippen LogP contribution in [0.15, 0.2) is 47.4 Å². The number of benzene rings is 2. The maximum Gasteiger partial charge on any atom is 0.246 e. The summed E-state index contributed by atoms with van der Waals surface area (Å²) in [7, 11) is -0.760. The van der Waals surface area contributed by atoms with Gasteiger partial charge in [0.25, 0.3) is 0 Å². The Labute approximate surface area is 171 Å². The molecule has 7 nitrogen and oxygen atoms in total. The molecule has 1 saturated heterocycles. The van der Waals surface area contributed by atoms with Crippen LogP contribution < -0.4 is 14.8 Å². The van der Waals surface area contributed by atoms with Gasteiger partial charge in [-0.2, -0.15) is 4.31 Å². The molecule has 0 unspecified atom stereocenters. The van der Waals surface area contributed by atoms with Crippen molar-refractivity contribution in [1.29, 1.82) is 0 Å². The van der Waals surface area contributed by atoms with Crippen molar-refractivity contribution in [2.45, 2.75) is 24.7 Å². The summed E-state index contributed by atoms with van der Waals surface area (Å²) in [4.78, 5) is 12.9. The Kier molecular flexibility index (Phi) is 6.44. The summed E-state index contributed by atoms with van der Waals surface area (Å²) in [6, 6.07) is 12.1. The van der Waals surface area contributed by atoms with E-state index >= 15 is 0 Å². The third-order valence-electron chi connectivity index (χ3n) is 5.03. The molecule has 0 spiro atoms. The summed E-state index contributed by atoms with van der Waals surface area (Å²) >= 11 is 0. The number of carbonyl (C=O) groups excluding carboxylic acids is 1. The number of amides is 1. The van der Waals surface area contributed by atoms with Gasteiger partial charge < -0.3 is 14.8 Å². The molecule has 2 aromatic rings. The number of rotatable bonds is 6. The van der Waals surface area contributed by atoms with Gasteiger partial charge in [0.1, 0.15) is 16.4 Å². The van der Waals surface area contributed by atoms with Crippen LogP contribution in [0.3, 0.4) is 0 Å². The van der Waals surface area contributed by atoms with Gasteiger partial charge in [-0.25, -0.2) is 8.42 Å². The third kappa shape index (κ3) is 4.71. The molecule has 29 heavy (non-hydrogen) atoms. The Morgan fingerprint density at radius 2 is 1.93 bits per heavy atom. The minimum atomic E-state index is -3.77. The van der Waals surface area contributed by atoms with Crippen molar-refractivity contribution in [2.75, 3.05) is 32.6 Å². The van der Waals surface area contributed by atoms with E-state index < -0.39 is 15.9 Å². The molecule has 2 aromatic carbocycles. The first-order valence-corrected chi connectivity index (χ1v) is 10.9. The molecule has 1 fully saturated rings. The van der Waals surface area contributed by atoms with Gasteiger partial charge in [-0.1, -0.05) is 12.1 Å². The second-order valence-electron chi connectivity index (χ2n) is 7.08. The molecule has 0 bridgehead atoms. The van der Waals surface area contributed by atoms with Crippen molar-refractivity contribution >= 4 is 21.6 Å². The summed E-state index contributed by atoms with van der Waals surface area (Å²) in [6.45, 7) is 2.34. The fourth-order valence-corrected chi connectivity index (χ4v) is 5.21. The van der Waals surface area contributed by atoms with E-state index in [4.69, 9.17) is 9.47 Å². The number of nitrogens with one attached hydrogen (secondary N) is 1. The fraction of sp³-hybridized carbons (Fsp3) is 0.381. The summed E-state index contributed by atoms with van der Waals surface area (Å²) in [5.74, 6) is 0.315. The van der Waals surface area contributed by atoms with Crippen LogP contribution in [-0.2, 0) is 14.8 Å². The topological polar surface area (TPSA) is 84.9 Å². The molecule has 156 valence electrons. The summed E-state index contributed by atoms with van der Waals surface area (Å²) in [5, 5.41) is 2.86. The van der Waals surface area contributed by atoms with Gasteiger partial charge >= 0.3 is 0 Å². The van der Waals surface area contributed by atoms with E-state index in [9.17, 15) is 13.2 Å². The average molecular weight is 419 g/mol. The van der Waals surface area contributed by atoms with Gasteiger partial charge in [0, 0.05) is 24.8 Å². The average Bonchev–Trinajstić information content (AvgIpc) is 2.74. The van der Waals surface area contributed by atoms with Crippen molar-refractivity contribution in [3.05, 3.63) is 48.0 Å². The number of anilines is 1. The standard InChI is InChI=1S/C21H26N2O5S/c1-15-9-10-19(28-3)20(12-15)29(25,26)23-11-5-6-16(14-23)21(24)22-17-7-4-8-18(13-17)27-2/h4,7-10,12-13,16H,5-6,11,14H2,1-3H3,(H,22,24)/t16-/m0/s1. The number of hydrogen-bond donors (Lipinski definition) is 1. The van der Waals surface area contributed by atoms with Crippen LogP contribution in [-0.4, -0.2) is 45.9 Å². The van der Waals surface area contributed by atoms with Crippen LogP contribution in [0.25, 0.3) is 0 Å². The van der Waals surface area contributed by atoms with E-state index in [2.05, 4.69) is 5.32 Å². The smallest absolute Gasteiger partial charge is 0.246 e. The molecular formula is C21H26N2O5S. The fourth-order valence-electron chi connectivity index (χ4n) is 3.44. The molecule has 0 saturated carbocycles. The molecule has 3 rings (SSSR count). The van der Waals surface area contributed by atoms with Crippen molar-refractivity contribution in [3.63, 3.8) is 0 Å². The first-order valence-electron chi connectivity index (χ1n) is 9.45. The second kappa shape index (κ2) is 8.84. The molecule has 1 heterocycles. The van der Waals surface area contributed by atoms with Crippen molar-refractivity contribution in [3.8, 4) is 11.5 Å². The summed E-state index contributed by atoms with van der Waals surface area (Å²) in [6.07, 6.45) is 1.25. The minimum absolute atomic E-state index is 0.133. The van der Waals surface area contributed by atoms with Crippen molar-refractivity contribution < 1.29 is 22.7 Å². The molecule has 1 N–H and O–H groups in total. The molecule has 1 aliphatic rings. The summed E-state index contributed by atoms with van der Waals surface area (Å²) < 4.78 is 38.3. The zero-order valence-corrected chi connectivity index (χ0v) is 17.7. The lowest BCUT2D eigenvalue weighted by molar-refractivity contribution is -0.120. The van der Waals surface area contributed by atoms with Crippen LogP contribution in [0.5, 0.6) is 11.5 Å². The number of aryl methyl sites for hydroxylation is 1. The lowest BCUT2D eigenvalue weighted by Gasteiger charge is -2.31. The maximum absolute atomic E-state index is 13.2. The van der Waals surface area contributed by atoms with Crippen LogP contribution in [0, 0.1) is 12.8 Å². The lowest BCUT2D eigenvalue weighted by Crippen LogP contribution is -2.43. The maximum atomic E-state index is 13.2. The molecule has 0 aromatic heterocycles. The van der Waals surface area contributed by atoms with Gasteiger partial charge in [0.05, 0.1) is 20.1 Å². The van der Waals surface area contributed by atoms with Crippen LogP contribution in [0.2, 0.25) is 0 Å². The third-order valence-corrected chi connectivity index (χ3v) is 6.92. The zero-order valence-electron chi connectivity index (χ0n) is 16.8. The molecular weight excluding hydrogens is 392 g/mol. The first kappa shape index (κ1) is 21.1. The molecule has 8 heteroatoms. The largest absolute Gasteiger partial charge is 0.497 e. The Morgan fingerprint density at radius 3 is 2.66 bits per heavy atom. The highest BCUT2D eigenvalue weighted by Gasteiger charge is 2.35. The van der Waals surface area contributed by atoms with Gasteiger partial charge in [0.2, 0.25) is 15.9 Å². The number of nitrogens with zero attached hydrogens (tertiary/aromatic N) is 1. The first-order chi connectivity index (χ1) is 13.8. The molecule has 0 aliphatic carbocycles. The van der Waals surface area contributed by atoms with E-state index in [1.807, 2.05) is 6.92 Å². The highest BCUT2D eigenvalue weighted by Crippen LogP contribution is 2.31. The van der Waals surface area contributed by atoms with Gasteiger partial charge in [-0.3, -0.25) is 4.79 Å². The van der Waals surface area contributed by atoms with E-state index in [1.165, 1.54) is 11.4 Å². The Bertz CT molecular complexity index is 990. The Hall–Kier alpha value is -2.58. The number of hydrogen-bond acceptors (Lipinski definition) is 5. The second-order valence-corrected chi connectivity index (χ2v) is 8.98. The van der Waals surface area contributed by atoms with E-state index in [1.54, 1.807) is 49.6 Å². The highest BCUT2D eigenvalue weighted by atomic mass is 32.2. The molecule has 1 aliphatic heterocycles. The summed E-state index contributed by atoms with van der Waals surface area (Å²) in [5.41, 5.74) is 1.45.